The van der Waals surface area contributed by atoms with Crippen LogP contribution >= 0.6 is 0 Å². The minimum atomic E-state index is -0.174. The Morgan fingerprint density at radius 1 is 1.28 bits per heavy atom. The fraction of sp³-hybridized carbons (Fsp3) is 0.650. The Bertz CT molecular complexity index is 564. The highest BCUT2D eigenvalue weighted by molar-refractivity contribution is 5.82. The highest BCUT2D eigenvalue weighted by atomic mass is 16.5. The summed E-state index contributed by atoms with van der Waals surface area (Å²) in [6.07, 6.45) is 4.33. The number of amides is 1. The van der Waals surface area contributed by atoms with E-state index in [1.54, 1.807) is 0 Å². The van der Waals surface area contributed by atoms with Crippen molar-refractivity contribution in [1.82, 2.24) is 10.2 Å². The van der Waals surface area contributed by atoms with Gasteiger partial charge in [-0.1, -0.05) is 31.9 Å². The van der Waals surface area contributed by atoms with Gasteiger partial charge in [-0.25, -0.2) is 0 Å². The summed E-state index contributed by atoms with van der Waals surface area (Å²) in [7, 11) is 0. The van der Waals surface area contributed by atoms with Gasteiger partial charge < -0.3 is 14.8 Å². The molecule has 0 unspecified atom stereocenters. The molecule has 5 nitrogen and oxygen atoms in total. The molecule has 0 atom stereocenters. The van der Waals surface area contributed by atoms with E-state index in [-0.39, 0.29) is 11.3 Å². The van der Waals surface area contributed by atoms with E-state index in [2.05, 4.69) is 17.1 Å². The highest BCUT2D eigenvalue weighted by Gasteiger charge is 2.35. The maximum atomic E-state index is 12.4. The number of nitrogens with one attached hydrogen (secondary N) is 1. The third-order valence-electron chi connectivity index (χ3n) is 5.39. The molecule has 0 radical (unpaired) electrons. The molecule has 0 aromatic heterocycles. The summed E-state index contributed by atoms with van der Waals surface area (Å²) < 4.78 is 11.2. The van der Waals surface area contributed by atoms with Gasteiger partial charge in [-0.15, -0.1) is 0 Å². The van der Waals surface area contributed by atoms with Crippen LogP contribution in [0.5, 0.6) is 5.75 Å². The van der Waals surface area contributed by atoms with Gasteiger partial charge in [0.1, 0.15) is 12.4 Å². The molecule has 1 saturated heterocycles. The van der Waals surface area contributed by atoms with Gasteiger partial charge in [0.15, 0.2) is 0 Å². The second-order valence-electron chi connectivity index (χ2n) is 7.40. The lowest BCUT2D eigenvalue weighted by Crippen LogP contribution is -2.38. The molecule has 1 saturated carbocycles. The van der Waals surface area contributed by atoms with Crippen LogP contribution < -0.4 is 10.1 Å². The number of ether oxygens (including phenoxy) is 2. The lowest BCUT2D eigenvalue weighted by atomic mass is 9.88. The Balaban J connectivity index is 1.43. The Hall–Kier alpha value is -1.59. The molecule has 0 bridgehead atoms. The van der Waals surface area contributed by atoms with E-state index in [0.29, 0.717) is 13.2 Å². The second-order valence-corrected chi connectivity index (χ2v) is 7.40. The molecule has 1 aromatic rings. The van der Waals surface area contributed by atoms with E-state index >= 15 is 0 Å². The number of rotatable bonds is 7. The summed E-state index contributed by atoms with van der Waals surface area (Å²) in [5.74, 6) is 1.05. The van der Waals surface area contributed by atoms with E-state index in [1.165, 1.54) is 0 Å². The maximum absolute atomic E-state index is 12.4. The maximum Gasteiger partial charge on any atom is 0.226 e. The Labute approximate surface area is 150 Å². The van der Waals surface area contributed by atoms with Crippen LogP contribution in [0.1, 0.15) is 38.2 Å². The van der Waals surface area contributed by atoms with Crippen LogP contribution in [-0.2, 0) is 16.1 Å². The van der Waals surface area contributed by atoms with Crippen molar-refractivity contribution in [1.29, 1.82) is 0 Å². The van der Waals surface area contributed by atoms with E-state index in [1.807, 2.05) is 24.3 Å². The van der Waals surface area contributed by atoms with Crippen LogP contribution in [0.4, 0.5) is 0 Å². The summed E-state index contributed by atoms with van der Waals surface area (Å²) in [4.78, 5) is 14.8. The summed E-state index contributed by atoms with van der Waals surface area (Å²) in [6.45, 7) is 7.83. The molecule has 1 aromatic carbocycles. The minimum Gasteiger partial charge on any atom is -0.492 e. The molecule has 1 N–H and O–H groups in total. The lowest BCUT2D eigenvalue weighted by molar-refractivity contribution is -0.130. The molecular weight excluding hydrogens is 316 g/mol. The zero-order chi connectivity index (χ0) is 17.5. The number of carbonyl (C=O) groups excluding carboxylic acids is 1. The Kier molecular flexibility index (Phi) is 6.32. The van der Waals surface area contributed by atoms with Crippen molar-refractivity contribution in [3.05, 3.63) is 29.8 Å². The zero-order valence-corrected chi connectivity index (χ0v) is 15.3. The molecule has 2 aliphatic rings. The molecule has 5 heteroatoms. The summed E-state index contributed by atoms with van der Waals surface area (Å²) in [6, 6.07) is 8.02. The molecule has 1 aliphatic heterocycles. The predicted molar refractivity (Wildman–Crippen MR) is 97.6 cm³/mol. The molecule has 3 rings (SSSR count). The van der Waals surface area contributed by atoms with E-state index in [9.17, 15) is 4.79 Å². The van der Waals surface area contributed by atoms with Crippen molar-refractivity contribution in [3.8, 4) is 5.75 Å². The molecule has 138 valence electrons. The molecule has 1 aliphatic carbocycles. The van der Waals surface area contributed by atoms with Gasteiger partial charge in [-0.05, 0) is 30.5 Å². The molecule has 1 heterocycles. The van der Waals surface area contributed by atoms with Gasteiger partial charge in [0.05, 0.1) is 13.2 Å². The van der Waals surface area contributed by atoms with Crippen LogP contribution in [0, 0.1) is 5.41 Å². The highest BCUT2D eigenvalue weighted by Crippen LogP contribution is 2.37. The predicted octanol–water partition coefficient (Wildman–Crippen LogP) is 2.59. The largest absolute Gasteiger partial charge is 0.492 e. The van der Waals surface area contributed by atoms with E-state index in [0.717, 1.165) is 69.8 Å². The van der Waals surface area contributed by atoms with Crippen molar-refractivity contribution >= 4 is 5.91 Å². The number of nitrogens with zero attached hydrogens (tertiary/aromatic N) is 1. The number of hydrogen-bond acceptors (Lipinski definition) is 4. The Morgan fingerprint density at radius 3 is 2.80 bits per heavy atom. The summed E-state index contributed by atoms with van der Waals surface area (Å²) >= 11 is 0. The molecular formula is C20H30N2O3. The fourth-order valence-electron chi connectivity index (χ4n) is 3.64. The summed E-state index contributed by atoms with van der Waals surface area (Å²) in [5, 5.41) is 3.10. The first-order valence-electron chi connectivity index (χ1n) is 9.46. The quantitative estimate of drug-likeness (QED) is 0.824. The van der Waals surface area contributed by atoms with Crippen LogP contribution in [-0.4, -0.2) is 50.3 Å². The number of benzene rings is 1. The third kappa shape index (κ3) is 5.19. The van der Waals surface area contributed by atoms with Gasteiger partial charge in [0.2, 0.25) is 5.91 Å². The first kappa shape index (κ1) is 18.2. The fourth-order valence-corrected chi connectivity index (χ4v) is 3.64. The van der Waals surface area contributed by atoms with Crippen LogP contribution in [0.15, 0.2) is 24.3 Å². The van der Waals surface area contributed by atoms with Gasteiger partial charge >= 0.3 is 0 Å². The first-order valence-corrected chi connectivity index (χ1v) is 9.46. The van der Waals surface area contributed by atoms with Gasteiger partial charge in [0, 0.05) is 31.6 Å². The van der Waals surface area contributed by atoms with E-state index < -0.39 is 0 Å². The topological polar surface area (TPSA) is 50.8 Å². The third-order valence-corrected chi connectivity index (χ3v) is 5.39. The first-order chi connectivity index (χ1) is 12.2. The van der Waals surface area contributed by atoms with E-state index in [4.69, 9.17) is 9.47 Å². The van der Waals surface area contributed by atoms with Crippen LogP contribution in [0.3, 0.4) is 0 Å². The summed E-state index contributed by atoms with van der Waals surface area (Å²) in [5.41, 5.74) is 0.908. The smallest absolute Gasteiger partial charge is 0.226 e. The zero-order valence-electron chi connectivity index (χ0n) is 15.3. The number of morpholine rings is 1. The van der Waals surface area contributed by atoms with Gasteiger partial charge in [0.25, 0.3) is 0 Å². The average Bonchev–Trinajstić information content (AvgIpc) is 3.09. The minimum absolute atomic E-state index is 0.174. The molecule has 0 spiro atoms. The Morgan fingerprint density at radius 2 is 2.04 bits per heavy atom. The monoisotopic (exact) mass is 346 g/mol. The lowest BCUT2D eigenvalue weighted by Gasteiger charge is -2.26. The van der Waals surface area contributed by atoms with Crippen molar-refractivity contribution in [2.45, 2.75) is 39.2 Å². The molecule has 1 amide bonds. The number of hydrogen-bond donors (Lipinski definition) is 1. The van der Waals surface area contributed by atoms with Crippen LogP contribution in [0.2, 0.25) is 0 Å². The van der Waals surface area contributed by atoms with Gasteiger partial charge in [-0.3, -0.25) is 9.69 Å². The second kappa shape index (κ2) is 8.68. The molecule has 2 fully saturated rings. The van der Waals surface area contributed by atoms with Crippen molar-refractivity contribution in [2.75, 3.05) is 39.5 Å². The number of carbonyl (C=O) groups is 1. The molecule has 25 heavy (non-hydrogen) atoms. The van der Waals surface area contributed by atoms with Crippen molar-refractivity contribution in [2.24, 2.45) is 5.41 Å². The average molecular weight is 346 g/mol. The van der Waals surface area contributed by atoms with Gasteiger partial charge in [-0.2, -0.15) is 0 Å². The standard InChI is InChI=1S/C20H30N2O3/c1-20(7-2-3-8-20)19(23)21-16-17-5-4-6-18(15-17)25-14-11-22-9-12-24-13-10-22/h4-6,15H,2-3,7-14,16H2,1H3,(H,21,23). The van der Waals surface area contributed by atoms with Crippen molar-refractivity contribution < 1.29 is 14.3 Å². The SMILES string of the molecule is CC1(C(=O)NCc2cccc(OCCN3CCOCC3)c2)CCCC1. The normalized spacial score (nSPS) is 20.4. The van der Waals surface area contributed by atoms with Crippen molar-refractivity contribution in [3.63, 3.8) is 0 Å². The van der Waals surface area contributed by atoms with Crippen LogP contribution in [0.25, 0.3) is 0 Å².